The van der Waals surface area contributed by atoms with E-state index in [1.54, 1.807) is 0 Å². The van der Waals surface area contributed by atoms with Crippen molar-refractivity contribution in [3.05, 3.63) is 0 Å². The maximum absolute atomic E-state index is 5.21. The van der Waals surface area contributed by atoms with Crippen LogP contribution in [0.25, 0.3) is 0 Å². The first kappa shape index (κ1) is 22.5. The van der Waals surface area contributed by atoms with Crippen molar-refractivity contribution in [3.63, 3.8) is 0 Å². The molecular formula is C5H14Cl2N2Pt. The van der Waals surface area contributed by atoms with Crippen LogP contribution in [0.4, 0.5) is 0 Å². The Kier molecular flexibility index (Phi) is 37.4. The van der Waals surface area contributed by atoms with Crippen LogP contribution >= 0.6 is 0 Å². The number of rotatable bonds is 3. The number of nitrogens with two attached hydrogens (primary N) is 1. The molecule has 0 spiro atoms. The van der Waals surface area contributed by atoms with Crippen molar-refractivity contribution in [1.29, 1.82) is 0 Å². The van der Waals surface area contributed by atoms with E-state index in [2.05, 4.69) is 19.2 Å². The number of hydrogen-bond acceptors (Lipinski definition) is 2. The molecule has 0 rings (SSSR count). The van der Waals surface area contributed by atoms with Gasteiger partial charge in [-0.3, -0.25) is 0 Å². The van der Waals surface area contributed by atoms with Crippen LogP contribution in [0, 0.1) is 0 Å². The van der Waals surface area contributed by atoms with Gasteiger partial charge in [0.15, 0.2) is 0 Å². The van der Waals surface area contributed by atoms with Gasteiger partial charge in [-0.05, 0) is 0 Å². The molecule has 0 heterocycles. The normalized spacial score (nSPS) is 7.20. The molecule has 0 bridgehead atoms. The Hall–Kier alpha value is 1.19. The molecule has 0 amide bonds. The minimum atomic E-state index is 0. The molecule has 3 N–H and O–H groups in total. The molecule has 0 aromatic carbocycles. The quantitative estimate of drug-likeness (QED) is 0.521. The fraction of sp³-hybridized carbons (Fsp3) is 1.00. The molecule has 0 unspecified atom stereocenters. The molecule has 0 aliphatic heterocycles. The summed E-state index contributed by atoms with van der Waals surface area (Å²) >= 11 is 0. The van der Waals surface area contributed by atoms with E-state index in [1.807, 2.05) is 0 Å². The Labute approximate surface area is 89.8 Å². The summed E-state index contributed by atoms with van der Waals surface area (Å²) in [6.45, 7) is 5.88. The van der Waals surface area contributed by atoms with Gasteiger partial charge in [0.05, 0.1) is 0 Å². The number of nitrogens with one attached hydrogen (secondary N) is 1. The van der Waals surface area contributed by atoms with Crippen LogP contribution in [0.5, 0.6) is 0 Å². The molecule has 0 aliphatic carbocycles. The second kappa shape index (κ2) is 16.6. The van der Waals surface area contributed by atoms with Gasteiger partial charge in [0, 0.05) is 19.1 Å². The molecule has 0 aliphatic rings. The second-order valence-electron chi connectivity index (χ2n) is 1.90. The molecule has 68 valence electrons. The first-order chi connectivity index (χ1) is 3.27. The van der Waals surface area contributed by atoms with Crippen molar-refractivity contribution in [1.82, 2.24) is 5.32 Å². The average Bonchev–Trinajstić information content (AvgIpc) is 1.61. The third-order valence-corrected chi connectivity index (χ3v) is 0.697. The fourth-order valence-corrected chi connectivity index (χ4v) is 0.372. The van der Waals surface area contributed by atoms with Gasteiger partial charge in [-0.25, -0.2) is 0 Å². The van der Waals surface area contributed by atoms with Crippen molar-refractivity contribution in [2.24, 2.45) is 5.73 Å². The van der Waals surface area contributed by atoms with Crippen LogP contribution in [0.15, 0.2) is 0 Å². The van der Waals surface area contributed by atoms with Crippen molar-refractivity contribution in [3.8, 4) is 0 Å². The molecule has 0 aromatic heterocycles. The third-order valence-electron chi connectivity index (χ3n) is 0.697. The van der Waals surface area contributed by atoms with Crippen LogP contribution in [0.3, 0.4) is 0 Å². The maximum atomic E-state index is 5.21. The summed E-state index contributed by atoms with van der Waals surface area (Å²) in [4.78, 5) is 0. The van der Waals surface area contributed by atoms with Crippen molar-refractivity contribution in [2.75, 3.05) is 13.1 Å². The molecular weight excluding hydrogens is 354 g/mol. The van der Waals surface area contributed by atoms with Crippen molar-refractivity contribution >= 4 is 0 Å². The number of halogens is 2. The summed E-state index contributed by atoms with van der Waals surface area (Å²) < 4.78 is 0. The summed E-state index contributed by atoms with van der Waals surface area (Å²) in [5.41, 5.74) is 5.21. The molecule has 0 saturated carbocycles. The Morgan fingerprint density at radius 1 is 1.30 bits per heavy atom. The van der Waals surface area contributed by atoms with E-state index >= 15 is 0 Å². The van der Waals surface area contributed by atoms with E-state index in [0.29, 0.717) is 6.04 Å². The Morgan fingerprint density at radius 2 is 1.70 bits per heavy atom. The van der Waals surface area contributed by atoms with Gasteiger partial charge in [-0.1, -0.05) is 13.8 Å². The largest absolute Gasteiger partial charge is 2.00 e. The third kappa shape index (κ3) is 22.9. The van der Waals surface area contributed by atoms with E-state index in [0.717, 1.165) is 13.1 Å². The van der Waals surface area contributed by atoms with Crippen molar-refractivity contribution in [2.45, 2.75) is 19.9 Å². The summed E-state index contributed by atoms with van der Waals surface area (Å²) in [5.74, 6) is 0. The minimum absolute atomic E-state index is 0. The predicted molar refractivity (Wildman–Crippen MR) is 32.2 cm³/mol. The smallest absolute Gasteiger partial charge is 1.00 e. The topological polar surface area (TPSA) is 38.0 Å². The molecule has 2 nitrogen and oxygen atoms in total. The number of hydrogen-bond donors (Lipinski definition) is 2. The zero-order valence-corrected chi connectivity index (χ0v) is 9.93. The first-order valence-electron chi connectivity index (χ1n) is 2.71. The molecule has 0 saturated heterocycles. The standard InChI is InChI=1S/C5H14N2.2ClH.Pt/c1-5(2)7-4-3-6;;;/h5,7H,3-4,6H2,1-2H3;2*1H;/q;;;+2/p-2. The van der Waals surface area contributed by atoms with Crippen LogP contribution in [0.1, 0.15) is 13.8 Å². The zero-order valence-electron chi connectivity index (χ0n) is 6.14. The van der Waals surface area contributed by atoms with E-state index in [1.165, 1.54) is 0 Å². The Bertz CT molecular complexity index is 46.6. The van der Waals surface area contributed by atoms with E-state index in [9.17, 15) is 0 Å². The van der Waals surface area contributed by atoms with Gasteiger partial charge < -0.3 is 35.9 Å². The Balaban J connectivity index is -0.0000000600. The van der Waals surface area contributed by atoms with Crippen LogP contribution in [0.2, 0.25) is 0 Å². The van der Waals surface area contributed by atoms with Gasteiger partial charge in [0.25, 0.3) is 0 Å². The van der Waals surface area contributed by atoms with E-state index in [-0.39, 0.29) is 45.9 Å². The molecule has 0 radical (unpaired) electrons. The summed E-state index contributed by atoms with van der Waals surface area (Å²) in [5, 5.41) is 3.17. The fourth-order valence-electron chi connectivity index (χ4n) is 0.372. The minimum Gasteiger partial charge on any atom is -1.00 e. The molecule has 5 heteroatoms. The van der Waals surface area contributed by atoms with Gasteiger partial charge in [0.1, 0.15) is 0 Å². The van der Waals surface area contributed by atoms with Crippen LogP contribution in [-0.2, 0) is 21.1 Å². The average molecular weight is 368 g/mol. The SMILES string of the molecule is CC(C)NCCN.[Cl-].[Cl-].[Pt+2]. The molecule has 0 aromatic rings. The summed E-state index contributed by atoms with van der Waals surface area (Å²) in [6.07, 6.45) is 0. The predicted octanol–water partition coefficient (Wildman–Crippen LogP) is -6.05. The molecule has 0 fully saturated rings. The second-order valence-corrected chi connectivity index (χ2v) is 1.90. The molecule has 10 heavy (non-hydrogen) atoms. The summed E-state index contributed by atoms with van der Waals surface area (Å²) in [7, 11) is 0. The van der Waals surface area contributed by atoms with Gasteiger partial charge in [-0.15, -0.1) is 0 Å². The van der Waals surface area contributed by atoms with Crippen LogP contribution < -0.4 is 35.9 Å². The summed E-state index contributed by atoms with van der Waals surface area (Å²) in [6, 6.07) is 0.573. The monoisotopic (exact) mass is 367 g/mol. The van der Waals surface area contributed by atoms with Gasteiger partial charge in [0.2, 0.25) is 0 Å². The first-order valence-corrected chi connectivity index (χ1v) is 2.71. The molecule has 0 atom stereocenters. The van der Waals surface area contributed by atoms with E-state index < -0.39 is 0 Å². The Morgan fingerprint density at radius 3 is 1.80 bits per heavy atom. The van der Waals surface area contributed by atoms with Gasteiger partial charge in [-0.2, -0.15) is 0 Å². The van der Waals surface area contributed by atoms with Crippen LogP contribution in [-0.4, -0.2) is 19.1 Å². The van der Waals surface area contributed by atoms with Gasteiger partial charge >= 0.3 is 21.1 Å². The maximum Gasteiger partial charge on any atom is 2.00 e. The van der Waals surface area contributed by atoms with Crippen molar-refractivity contribution < 1.29 is 45.9 Å². The zero-order chi connectivity index (χ0) is 5.70. The van der Waals surface area contributed by atoms with E-state index in [4.69, 9.17) is 5.73 Å².